The SMILES string of the molecule is CCCOC(=O)N1CCCC(c2ncc(Br)cn2)C1. The zero-order chi connectivity index (χ0) is 13.7. The Labute approximate surface area is 121 Å². The molecule has 2 heterocycles. The van der Waals surface area contributed by atoms with Crippen molar-refractivity contribution in [3.63, 3.8) is 0 Å². The van der Waals surface area contributed by atoms with Crippen molar-refractivity contribution >= 4 is 22.0 Å². The molecule has 0 aliphatic carbocycles. The number of hydrogen-bond acceptors (Lipinski definition) is 4. The predicted molar refractivity (Wildman–Crippen MR) is 74.9 cm³/mol. The standard InChI is InChI=1S/C13H18BrN3O2/c1-2-6-19-13(18)17-5-3-4-10(9-17)12-15-7-11(14)8-16-12/h7-8,10H,2-6,9H2,1H3. The Balaban J connectivity index is 1.96. The molecule has 1 aromatic rings. The van der Waals surface area contributed by atoms with Crippen LogP contribution in [-0.4, -0.2) is 40.7 Å². The lowest BCUT2D eigenvalue weighted by Crippen LogP contribution is -2.39. The summed E-state index contributed by atoms with van der Waals surface area (Å²) in [5.74, 6) is 1.01. The van der Waals surface area contributed by atoms with Crippen LogP contribution in [0.3, 0.4) is 0 Å². The van der Waals surface area contributed by atoms with Gasteiger partial charge in [-0.3, -0.25) is 0 Å². The molecule has 0 spiro atoms. The van der Waals surface area contributed by atoms with Crippen LogP contribution in [0.2, 0.25) is 0 Å². The zero-order valence-corrected chi connectivity index (χ0v) is 12.6. The van der Waals surface area contributed by atoms with Crippen molar-refractivity contribution in [2.75, 3.05) is 19.7 Å². The maximum atomic E-state index is 11.8. The third kappa shape index (κ3) is 3.89. The van der Waals surface area contributed by atoms with Gasteiger partial charge in [-0.2, -0.15) is 0 Å². The number of ether oxygens (including phenoxy) is 1. The van der Waals surface area contributed by atoms with Gasteiger partial charge in [0.05, 0.1) is 11.1 Å². The number of piperidine rings is 1. The third-order valence-electron chi connectivity index (χ3n) is 3.11. The van der Waals surface area contributed by atoms with E-state index < -0.39 is 0 Å². The Bertz CT molecular complexity index is 424. The highest BCUT2D eigenvalue weighted by Crippen LogP contribution is 2.25. The van der Waals surface area contributed by atoms with Crippen LogP contribution >= 0.6 is 15.9 Å². The van der Waals surface area contributed by atoms with Crippen LogP contribution in [0.25, 0.3) is 0 Å². The molecule has 1 aromatic heterocycles. The lowest BCUT2D eigenvalue weighted by atomic mass is 9.97. The molecule has 2 rings (SSSR count). The molecule has 104 valence electrons. The summed E-state index contributed by atoms with van der Waals surface area (Å²) in [4.78, 5) is 22.2. The van der Waals surface area contributed by atoms with Gasteiger partial charge in [0.2, 0.25) is 0 Å². The Morgan fingerprint density at radius 3 is 2.95 bits per heavy atom. The minimum atomic E-state index is -0.219. The molecule has 0 N–H and O–H groups in total. The van der Waals surface area contributed by atoms with E-state index in [4.69, 9.17) is 4.74 Å². The topological polar surface area (TPSA) is 55.3 Å². The minimum Gasteiger partial charge on any atom is -0.449 e. The number of aromatic nitrogens is 2. The highest BCUT2D eigenvalue weighted by atomic mass is 79.9. The van der Waals surface area contributed by atoms with Crippen LogP contribution in [-0.2, 0) is 4.74 Å². The molecule has 1 fully saturated rings. The average molecular weight is 328 g/mol. The summed E-state index contributed by atoms with van der Waals surface area (Å²) >= 11 is 3.32. The number of rotatable bonds is 3. The fraction of sp³-hybridized carbons (Fsp3) is 0.615. The zero-order valence-electron chi connectivity index (χ0n) is 11.0. The summed E-state index contributed by atoms with van der Waals surface area (Å²) in [6.45, 7) is 3.87. The highest BCUT2D eigenvalue weighted by Gasteiger charge is 2.27. The smallest absolute Gasteiger partial charge is 0.409 e. The Kier molecular flexibility index (Phi) is 5.13. The second kappa shape index (κ2) is 6.84. The molecule has 6 heteroatoms. The number of carbonyl (C=O) groups is 1. The van der Waals surface area contributed by atoms with Crippen molar-refractivity contribution in [3.8, 4) is 0 Å². The van der Waals surface area contributed by atoms with Crippen molar-refractivity contribution in [2.45, 2.75) is 32.1 Å². The average Bonchev–Trinajstić information content (AvgIpc) is 2.45. The highest BCUT2D eigenvalue weighted by molar-refractivity contribution is 9.10. The summed E-state index contributed by atoms with van der Waals surface area (Å²) in [6.07, 6.45) is 6.10. The first-order valence-electron chi connectivity index (χ1n) is 6.60. The van der Waals surface area contributed by atoms with Gasteiger partial charge in [0, 0.05) is 31.4 Å². The number of hydrogen-bond donors (Lipinski definition) is 0. The molecule has 0 radical (unpaired) electrons. The van der Waals surface area contributed by atoms with E-state index in [0.717, 1.165) is 36.1 Å². The Morgan fingerprint density at radius 2 is 2.26 bits per heavy atom. The van der Waals surface area contributed by atoms with Crippen LogP contribution in [0.5, 0.6) is 0 Å². The van der Waals surface area contributed by atoms with Crippen LogP contribution < -0.4 is 0 Å². The summed E-state index contributed by atoms with van der Waals surface area (Å²) in [6, 6.07) is 0. The number of nitrogens with zero attached hydrogens (tertiary/aromatic N) is 3. The summed E-state index contributed by atoms with van der Waals surface area (Å²) in [5, 5.41) is 0. The molecule has 1 unspecified atom stereocenters. The molecule has 0 saturated carbocycles. The van der Waals surface area contributed by atoms with Gasteiger partial charge in [0.15, 0.2) is 0 Å². The Hall–Kier alpha value is -1.17. The minimum absolute atomic E-state index is 0.205. The number of carbonyl (C=O) groups excluding carboxylic acids is 1. The number of likely N-dealkylation sites (tertiary alicyclic amines) is 1. The maximum Gasteiger partial charge on any atom is 0.409 e. The molecule has 0 bridgehead atoms. The van der Waals surface area contributed by atoms with Crippen molar-refractivity contribution in [3.05, 3.63) is 22.7 Å². The van der Waals surface area contributed by atoms with E-state index >= 15 is 0 Å². The largest absolute Gasteiger partial charge is 0.449 e. The van der Waals surface area contributed by atoms with Gasteiger partial charge in [0.25, 0.3) is 0 Å². The fourth-order valence-corrected chi connectivity index (χ4v) is 2.37. The van der Waals surface area contributed by atoms with E-state index in [1.54, 1.807) is 17.3 Å². The quantitative estimate of drug-likeness (QED) is 0.856. The van der Waals surface area contributed by atoms with Crippen LogP contribution in [0.1, 0.15) is 37.9 Å². The lowest BCUT2D eigenvalue weighted by molar-refractivity contribution is 0.0910. The molecule has 19 heavy (non-hydrogen) atoms. The maximum absolute atomic E-state index is 11.8. The van der Waals surface area contributed by atoms with Gasteiger partial charge in [-0.15, -0.1) is 0 Å². The second-order valence-corrected chi connectivity index (χ2v) is 5.57. The van der Waals surface area contributed by atoms with Gasteiger partial charge < -0.3 is 9.64 Å². The molecular weight excluding hydrogens is 310 g/mol. The van der Waals surface area contributed by atoms with E-state index in [9.17, 15) is 4.79 Å². The summed E-state index contributed by atoms with van der Waals surface area (Å²) < 4.78 is 6.04. The number of amides is 1. The van der Waals surface area contributed by atoms with E-state index in [0.29, 0.717) is 13.2 Å². The normalized spacial score (nSPS) is 19.3. The van der Waals surface area contributed by atoms with Crippen LogP contribution in [0, 0.1) is 0 Å². The fourth-order valence-electron chi connectivity index (χ4n) is 2.17. The van der Waals surface area contributed by atoms with Gasteiger partial charge in [-0.25, -0.2) is 14.8 Å². The number of halogens is 1. The van der Waals surface area contributed by atoms with E-state index in [2.05, 4.69) is 25.9 Å². The van der Waals surface area contributed by atoms with Gasteiger partial charge in [-0.1, -0.05) is 6.92 Å². The summed E-state index contributed by atoms with van der Waals surface area (Å²) in [7, 11) is 0. The van der Waals surface area contributed by atoms with Gasteiger partial charge in [-0.05, 0) is 35.2 Å². The predicted octanol–water partition coefficient (Wildman–Crippen LogP) is 2.97. The van der Waals surface area contributed by atoms with Crippen molar-refractivity contribution in [1.82, 2.24) is 14.9 Å². The van der Waals surface area contributed by atoms with Crippen LogP contribution in [0.15, 0.2) is 16.9 Å². The van der Waals surface area contributed by atoms with E-state index in [1.165, 1.54) is 0 Å². The molecule has 5 nitrogen and oxygen atoms in total. The molecule has 1 aliphatic rings. The Morgan fingerprint density at radius 1 is 1.53 bits per heavy atom. The molecule has 1 amide bonds. The van der Waals surface area contributed by atoms with Gasteiger partial charge in [0.1, 0.15) is 5.82 Å². The first-order valence-corrected chi connectivity index (χ1v) is 7.39. The molecule has 1 saturated heterocycles. The van der Waals surface area contributed by atoms with Crippen molar-refractivity contribution in [2.24, 2.45) is 0 Å². The molecule has 1 atom stereocenters. The monoisotopic (exact) mass is 327 g/mol. The second-order valence-electron chi connectivity index (χ2n) is 4.66. The van der Waals surface area contributed by atoms with Gasteiger partial charge >= 0.3 is 6.09 Å². The summed E-state index contributed by atoms with van der Waals surface area (Å²) in [5.41, 5.74) is 0. The van der Waals surface area contributed by atoms with Crippen molar-refractivity contribution in [1.29, 1.82) is 0 Å². The molecule has 0 aromatic carbocycles. The molecule has 1 aliphatic heterocycles. The third-order valence-corrected chi connectivity index (χ3v) is 3.52. The molecular formula is C13H18BrN3O2. The van der Waals surface area contributed by atoms with Crippen LogP contribution in [0.4, 0.5) is 4.79 Å². The van der Waals surface area contributed by atoms with E-state index in [1.807, 2.05) is 6.92 Å². The first kappa shape index (κ1) is 14.2. The lowest BCUT2D eigenvalue weighted by Gasteiger charge is -2.31. The first-order chi connectivity index (χ1) is 9.20. The van der Waals surface area contributed by atoms with Crippen molar-refractivity contribution < 1.29 is 9.53 Å². The van der Waals surface area contributed by atoms with E-state index in [-0.39, 0.29) is 12.0 Å².